The van der Waals surface area contributed by atoms with E-state index >= 15 is 0 Å². The van der Waals surface area contributed by atoms with Crippen molar-refractivity contribution in [2.75, 3.05) is 20.3 Å². The number of hydrogen-bond donors (Lipinski definition) is 2. The molecular formula is C14H26N2O2. The third-order valence-corrected chi connectivity index (χ3v) is 4.62. The zero-order chi connectivity index (χ0) is 13.0. The van der Waals surface area contributed by atoms with E-state index in [-0.39, 0.29) is 11.9 Å². The average Bonchev–Trinajstić information content (AvgIpc) is 2.98. The molecule has 0 aliphatic heterocycles. The Kier molecular flexibility index (Phi) is 5.01. The number of nitrogens with two attached hydrogens (primary N) is 1. The van der Waals surface area contributed by atoms with Crippen molar-refractivity contribution >= 4 is 5.91 Å². The molecule has 2 bridgehead atoms. The molecule has 0 aromatic rings. The zero-order valence-electron chi connectivity index (χ0n) is 11.4. The van der Waals surface area contributed by atoms with Crippen LogP contribution >= 0.6 is 0 Å². The van der Waals surface area contributed by atoms with Crippen molar-refractivity contribution in [2.45, 2.75) is 44.6 Å². The first-order valence-electron chi connectivity index (χ1n) is 7.23. The maximum atomic E-state index is 11.8. The summed E-state index contributed by atoms with van der Waals surface area (Å²) in [6.45, 7) is 1.51. The van der Waals surface area contributed by atoms with Gasteiger partial charge in [-0.2, -0.15) is 0 Å². The summed E-state index contributed by atoms with van der Waals surface area (Å²) in [5.74, 6) is 2.51. The molecule has 4 atom stereocenters. The standard InChI is InChI=1S/C14H26N2O2/c1-18-6-2-3-13(15)14(17)16-9-12-8-10-4-5-11(12)7-10/h10-13H,2-9,15H2,1H3,(H,16,17). The van der Waals surface area contributed by atoms with E-state index < -0.39 is 0 Å². The molecule has 3 N–H and O–H groups in total. The van der Waals surface area contributed by atoms with Gasteiger partial charge in [-0.3, -0.25) is 4.79 Å². The van der Waals surface area contributed by atoms with Gasteiger partial charge in [0.2, 0.25) is 5.91 Å². The summed E-state index contributed by atoms with van der Waals surface area (Å²) in [5.41, 5.74) is 5.85. The molecule has 0 aromatic carbocycles. The maximum absolute atomic E-state index is 11.8. The lowest BCUT2D eigenvalue weighted by molar-refractivity contribution is -0.122. The van der Waals surface area contributed by atoms with E-state index in [1.54, 1.807) is 7.11 Å². The fourth-order valence-electron chi connectivity index (χ4n) is 3.57. The second kappa shape index (κ2) is 6.53. The highest BCUT2D eigenvalue weighted by molar-refractivity contribution is 5.81. The van der Waals surface area contributed by atoms with Crippen molar-refractivity contribution in [1.29, 1.82) is 0 Å². The van der Waals surface area contributed by atoms with Crippen LogP contribution in [0.15, 0.2) is 0 Å². The van der Waals surface area contributed by atoms with Gasteiger partial charge >= 0.3 is 0 Å². The lowest BCUT2D eigenvalue weighted by Crippen LogP contribution is -2.43. The largest absolute Gasteiger partial charge is 0.385 e. The number of carbonyl (C=O) groups is 1. The molecule has 4 unspecified atom stereocenters. The molecule has 2 aliphatic rings. The third-order valence-electron chi connectivity index (χ3n) is 4.62. The van der Waals surface area contributed by atoms with Gasteiger partial charge in [0.1, 0.15) is 0 Å². The number of rotatable bonds is 7. The molecule has 4 nitrogen and oxygen atoms in total. The number of methoxy groups -OCH3 is 1. The number of fused-ring (bicyclic) bond motifs is 2. The summed E-state index contributed by atoms with van der Waals surface area (Å²) >= 11 is 0. The molecule has 2 fully saturated rings. The topological polar surface area (TPSA) is 64.3 Å². The Labute approximate surface area is 110 Å². The van der Waals surface area contributed by atoms with Crippen LogP contribution in [-0.2, 0) is 9.53 Å². The minimum Gasteiger partial charge on any atom is -0.385 e. The predicted molar refractivity (Wildman–Crippen MR) is 71.0 cm³/mol. The van der Waals surface area contributed by atoms with Gasteiger partial charge in [-0.1, -0.05) is 6.42 Å². The Morgan fingerprint density at radius 3 is 2.89 bits per heavy atom. The van der Waals surface area contributed by atoms with Gasteiger partial charge in [-0.15, -0.1) is 0 Å². The molecule has 0 aromatic heterocycles. The summed E-state index contributed by atoms with van der Waals surface area (Å²) < 4.78 is 4.96. The van der Waals surface area contributed by atoms with E-state index in [0.717, 1.165) is 24.8 Å². The Balaban J connectivity index is 1.62. The lowest BCUT2D eigenvalue weighted by Gasteiger charge is -2.22. The SMILES string of the molecule is COCCCC(N)C(=O)NCC1CC2CCC1C2. The van der Waals surface area contributed by atoms with Gasteiger partial charge in [-0.25, -0.2) is 0 Å². The Bertz CT molecular complexity index is 283. The molecule has 0 heterocycles. The molecule has 2 rings (SSSR count). The van der Waals surface area contributed by atoms with Crippen LogP contribution in [0.2, 0.25) is 0 Å². The van der Waals surface area contributed by atoms with Crippen LogP contribution in [0.5, 0.6) is 0 Å². The smallest absolute Gasteiger partial charge is 0.236 e. The van der Waals surface area contributed by atoms with E-state index in [1.807, 2.05) is 0 Å². The Morgan fingerprint density at radius 1 is 1.44 bits per heavy atom. The highest BCUT2D eigenvalue weighted by Crippen LogP contribution is 2.47. The molecule has 0 saturated heterocycles. The molecule has 4 heteroatoms. The van der Waals surface area contributed by atoms with Crippen molar-refractivity contribution in [3.63, 3.8) is 0 Å². The third kappa shape index (κ3) is 3.45. The van der Waals surface area contributed by atoms with Gasteiger partial charge in [-0.05, 0) is 49.9 Å². The van der Waals surface area contributed by atoms with Crippen LogP contribution in [0.3, 0.4) is 0 Å². The summed E-state index contributed by atoms with van der Waals surface area (Å²) in [4.78, 5) is 11.8. The van der Waals surface area contributed by atoms with Gasteiger partial charge in [0.05, 0.1) is 6.04 Å². The molecule has 2 aliphatic carbocycles. The quantitative estimate of drug-likeness (QED) is 0.673. The van der Waals surface area contributed by atoms with Crippen molar-refractivity contribution in [3.05, 3.63) is 0 Å². The molecule has 104 valence electrons. The zero-order valence-corrected chi connectivity index (χ0v) is 11.4. The second-order valence-corrected chi connectivity index (χ2v) is 5.92. The van der Waals surface area contributed by atoms with E-state index in [9.17, 15) is 4.79 Å². The van der Waals surface area contributed by atoms with Gasteiger partial charge in [0.15, 0.2) is 0 Å². The molecule has 0 spiro atoms. The lowest BCUT2D eigenvalue weighted by atomic mass is 9.89. The Morgan fingerprint density at radius 2 is 2.28 bits per heavy atom. The molecule has 18 heavy (non-hydrogen) atoms. The van der Waals surface area contributed by atoms with Gasteiger partial charge in [0, 0.05) is 20.3 Å². The van der Waals surface area contributed by atoms with Crippen LogP contribution in [0.4, 0.5) is 0 Å². The predicted octanol–water partition coefficient (Wildman–Crippen LogP) is 1.29. The number of carbonyl (C=O) groups excluding carboxylic acids is 1. The first-order chi connectivity index (χ1) is 8.70. The van der Waals surface area contributed by atoms with Crippen LogP contribution in [0, 0.1) is 17.8 Å². The first-order valence-corrected chi connectivity index (χ1v) is 7.23. The highest BCUT2D eigenvalue weighted by atomic mass is 16.5. The first kappa shape index (κ1) is 13.8. The van der Waals surface area contributed by atoms with Crippen molar-refractivity contribution in [1.82, 2.24) is 5.32 Å². The van der Waals surface area contributed by atoms with Crippen molar-refractivity contribution < 1.29 is 9.53 Å². The van der Waals surface area contributed by atoms with Crippen LogP contribution in [-0.4, -0.2) is 32.2 Å². The molecular weight excluding hydrogens is 228 g/mol. The molecule has 0 radical (unpaired) electrons. The summed E-state index contributed by atoms with van der Waals surface area (Å²) in [5, 5.41) is 3.03. The van der Waals surface area contributed by atoms with E-state index in [4.69, 9.17) is 10.5 Å². The maximum Gasteiger partial charge on any atom is 0.236 e. The number of nitrogens with one attached hydrogen (secondary N) is 1. The second-order valence-electron chi connectivity index (χ2n) is 5.92. The molecule has 2 saturated carbocycles. The summed E-state index contributed by atoms with van der Waals surface area (Å²) in [6, 6.07) is -0.376. The normalized spacial score (nSPS) is 31.6. The van der Waals surface area contributed by atoms with E-state index in [0.29, 0.717) is 18.9 Å². The minimum absolute atomic E-state index is 0.00822. The van der Waals surface area contributed by atoms with Crippen LogP contribution in [0.1, 0.15) is 38.5 Å². The monoisotopic (exact) mass is 254 g/mol. The van der Waals surface area contributed by atoms with E-state index in [2.05, 4.69) is 5.32 Å². The van der Waals surface area contributed by atoms with Crippen molar-refractivity contribution in [3.8, 4) is 0 Å². The average molecular weight is 254 g/mol. The number of amides is 1. The highest BCUT2D eigenvalue weighted by Gasteiger charge is 2.39. The van der Waals surface area contributed by atoms with Crippen LogP contribution in [0.25, 0.3) is 0 Å². The van der Waals surface area contributed by atoms with Gasteiger partial charge in [0.25, 0.3) is 0 Å². The minimum atomic E-state index is -0.376. The number of hydrogen-bond acceptors (Lipinski definition) is 3. The summed E-state index contributed by atoms with van der Waals surface area (Å²) in [6.07, 6.45) is 7.02. The fraction of sp³-hybridized carbons (Fsp3) is 0.929. The Hall–Kier alpha value is -0.610. The molecule has 1 amide bonds. The number of ether oxygens (including phenoxy) is 1. The van der Waals surface area contributed by atoms with Crippen LogP contribution < -0.4 is 11.1 Å². The van der Waals surface area contributed by atoms with Crippen molar-refractivity contribution in [2.24, 2.45) is 23.5 Å². The fourth-order valence-corrected chi connectivity index (χ4v) is 3.57. The van der Waals surface area contributed by atoms with E-state index in [1.165, 1.54) is 25.7 Å². The summed E-state index contributed by atoms with van der Waals surface area (Å²) in [7, 11) is 1.67. The van der Waals surface area contributed by atoms with Gasteiger partial charge < -0.3 is 15.8 Å².